The zero-order chi connectivity index (χ0) is 18.1. The summed E-state index contributed by atoms with van der Waals surface area (Å²) in [5.41, 5.74) is 0.463. The molecule has 0 bridgehead atoms. The molecule has 0 radical (unpaired) electrons. The maximum Gasteiger partial charge on any atom is 0.410 e. The SMILES string of the molecule is CCC1(OCC2COc3ccccc32)CCN(C(=O)OC(C)(C)C)C1. The molecule has 0 aliphatic carbocycles. The number of benzene rings is 1. The second-order valence-electron chi connectivity index (χ2n) is 8.05. The summed E-state index contributed by atoms with van der Waals surface area (Å²) in [6.45, 7) is 10.3. The molecule has 1 aromatic carbocycles. The van der Waals surface area contributed by atoms with E-state index >= 15 is 0 Å². The topological polar surface area (TPSA) is 48.0 Å². The minimum Gasteiger partial charge on any atom is -0.493 e. The van der Waals surface area contributed by atoms with Gasteiger partial charge in [-0.3, -0.25) is 0 Å². The van der Waals surface area contributed by atoms with Gasteiger partial charge in [-0.05, 0) is 39.7 Å². The molecule has 5 heteroatoms. The number of para-hydroxylation sites is 1. The molecular formula is C20H29NO4. The molecule has 2 unspecified atom stereocenters. The van der Waals surface area contributed by atoms with E-state index < -0.39 is 5.60 Å². The van der Waals surface area contributed by atoms with Gasteiger partial charge in [0.15, 0.2) is 0 Å². The molecule has 0 saturated carbocycles. The summed E-state index contributed by atoms with van der Waals surface area (Å²) < 4.78 is 17.6. The van der Waals surface area contributed by atoms with E-state index in [9.17, 15) is 4.79 Å². The molecule has 2 heterocycles. The van der Waals surface area contributed by atoms with Gasteiger partial charge in [0.25, 0.3) is 0 Å². The molecule has 1 fully saturated rings. The normalized spacial score (nSPS) is 25.6. The third-order valence-electron chi connectivity index (χ3n) is 5.00. The predicted molar refractivity (Wildman–Crippen MR) is 96.1 cm³/mol. The molecule has 25 heavy (non-hydrogen) atoms. The first kappa shape index (κ1) is 18.1. The fourth-order valence-corrected chi connectivity index (χ4v) is 3.48. The van der Waals surface area contributed by atoms with Gasteiger partial charge in [0.05, 0.1) is 25.4 Å². The van der Waals surface area contributed by atoms with Crippen molar-refractivity contribution in [3.63, 3.8) is 0 Å². The second-order valence-corrected chi connectivity index (χ2v) is 8.05. The Morgan fingerprint density at radius 2 is 2.12 bits per heavy atom. The van der Waals surface area contributed by atoms with Crippen molar-refractivity contribution in [3.05, 3.63) is 29.8 Å². The van der Waals surface area contributed by atoms with Crippen LogP contribution in [0.1, 0.15) is 52.0 Å². The quantitative estimate of drug-likeness (QED) is 0.827. The Kier molecular flexibility index (Phi) is 4.96. The summed E-state index contributed by atoms with van der Waals surface area (Å²) in [6.07, 6.45) is 1.47. The van der Waals surface area contributed by atoms with Crippen LogP contribution in [0.15, 0.2) is 24.3 Å². The van der Waals surface area contributed by atoms with Crippen LogP contribution in [0.5, 0.6) is 5.75 Å². The van der Waals surface area contributed by atoms with Crippen LogP contribution in [0.25, 0.3) is 0 Å². The van der Waals surface area contributed by atoms with Crippen molar-refractivity contribution in [2.75, 3.05) is 26.3 Å². The molecule has 1 aromatic rings. The zero-order valence-electron chi connectivity index (χ0n) is 15.7. The number of hydrogen-bond acceptors (Lipinski definition) is 4. The molecule has 138 valence electrons. The number of carbonyl (C=O) groups excluding carboxylic acids is 1. The average molecular weight is 347 g/mol. The number of carbonyl (C=O) groups is 1. The lowest BCUT2D eigenvalue weighted by atomic mass is 9.98. The van der Waals surface area contributed by atoms with E-state index in [-0.39, 0.29) is 17.6 Å². The van der Waals surface area contributed by atoms with Crippen LogP contribution in [0.4, 0.5) is 4.79 Å². The van der Waals surface area contributed by atoms with E-state index in [1.165, 1.54) is 5.56 Å². The van der Waals surface area contributed by atoms with E-state index in [2.05, 4.69) is 13.0 Å². The summed E-state index contributed by atoms with van der Waals surface area (Å²) in [6, 6.07) is 8.14. The van der Waals surface area contributed by atoms with Gasteiger partial charge in [-0.1, -0.05) is 25.1 Å². The first-order valence-electron chi connectivity index (χ1n) is 9.15. The highest BCUT2D eigenvalue weighted by molar-refractivity contribution is 5.68. The number of nitrogens with zero attached hydrogens (tertiary/aromatic N) is 1. The Balaban J connectivity index is 1.59. The van der Waals surface area contributed by atoms with Gasteiger partial charge in [-0.15, -0.1) is 0 Å². The molecule has 0 spiro atoms. The number of ether oxygens (including phenoxy) is 3. The Bertz CT molecular complexity index is 624. The molecule has 0 N–H and O–H groups in total. The number of fused-ring (bicyclic) bond motifs is 1. The Labute approximate surface area is 150 Å². The van der Waals surface area contributed by atoms with E-state index in [0.717, 1.165) is 18.6 Å². The standard InChI is InChI=1S/C20H29NO4/c1-5-20(10-11-21(14-20)18(22)25-19(2,3)4)24-13-15-12-23-17-9-7-6-8-16(15)17/h6-9,15H,5,10-14H2,1-4H3. The summed E-state index contributed by atoms with van der Waals surface area (Å²) in [7, 11) is 0. The number of hydrogen-bond donors (Lipinski definition) is 0. The van der Waals surface area contributed by atoms with Gasteiger partial charge in [0.1, 0.15) is 11.4 Å². The van der Waals surface area contributed by atoms with Crippen LogP contribution in [0.3, 0.4) is 0 Å². The Morgan fingerprint density at radius 1 is 1.36 bits per heavy atom. The molecule has 5 nitrogen and oxygen atoms in total. The van der Waals surface area contributed by atoms with Crippen molar-refractivity contribution in [1.29, 1.82) is 0 Å². The lowest BCUT2D eigenvalue weighted by molar-refractivity contribution is -0.0495. The Morgan fingerprint density at radius 3 is 2.84 bits per heavy atom. The minimum absolute atomic E-state index is 0.249. The summed E-state index contributed by atoms with van der Waals surface area (Å²) >= 11 is 0. The highest BCUT2D eigenvalue weighted by Crippen LogP contribution is 2.36. The summed E-state index contributed by atoms with van der Waals surface area (Å²) in [4.78, 5) is 14.1. The van der Waals surface area contributed by atoms with Crippen LogP contribution in [0, 0.1) is 0 Å². The number of likely N-dealkylation sites (tertiary alicyclic amines) is 1. The molecule has 2 atom stereocenters. The van der Waals surface area contributed by atoms with Crippen molar-refractivity contribution in [1.82, 2.24) is 4.90 Å². The maximum absolute atomic E-state index is 12.3. The van der Waals surface area contributed by atoms with Crippen LogP contribution in [-0.4, -0.2) is 48.5 Å². The predicted octanol–water partition coefficient (Wildman–Crippen LogP) is 3.97. The molecule has 2 aliphatic rings. The molecule has 0 aromatic heterocycles. The van der Waals surface area contributed by atoms with E-state index in [0.29, 0.717) is 26.3 Å². The lowest BCUT2D eigenvalue weighted by Crippen LogP contribution is -2.41. The highest BCUT2D eigenvalue weighted by Gasteiger charge is 2.41. The Hall–Kier alpha value is -1.75. The van der Waals surface area contributed by atoms with Crippen molar-refractivity contribution in [3.8, 4) is 5.75 Å². The number of rotatable bonds is 4. The van der Waals surface area contributed by atoms with Gasteiger partial charge in [-0.25, -0.2) is 4.79 Å². The van der Waals surface area contributed by atoms with Crippen molar-refractivity contribution >= 4 is 6.09 Å². The van der Waals surface area contributed by atoms with Crippen molar-refractivity contribution in [2.45, 2.75) is 57.7 Å². The first-order valence-corrected chi connectivity index (χ1v) is 9.15. The first-order chi connectivity index (χ1) is 11.8. The maximum atomic E-state index is 12.3. The molecule has 1 saturated heterocycles. The largest absolute Gasteiger partial charge is 0.493 e. The third kappa shape index (κ3) is 4.09. The van der Waals surface area contributed by atoms with Crippen LogP contribution < -0.4 is 4.74 Å². The summed E-state index contributed by atoms with van der Waals surface area (Å²) in [5.74, 6) is 1.22. The van der Waals surface area contributed by atoms with Gasteiger partial charge in [-0.2, -0.15) is 0 Å². The van der Waals surface area contributed by atoms with Gasteiger partial charge < -0.3 is 19.1 Å². The zero-order valence-corrected chi connectivity index (χ0v) is 15.7. The van der Waals surface area contributed by atoms with Gasteiger partial charge >= 0.3 is 6.09 Å². The fraction of sp³-hybridized carbons (Fsp3) is 0.650. The van der Waals surface area contributed by atoms with Crippen LogP contribution in [-0.2, 0) is 9.47 Å². The fourth-order valence-electron chi connectivity index (χ4n) is 3.48. The van der Waals surface area contributed by atoms with Gasteiger partial charge in [0, 0.05) is 18.0 Å². The monoisotopic (exact) mass is 347 g/mol. The van der Waals surface area contributed by atoms with Crippen molar-refractivity contribution in [2.24, 2.45) is 0 Å². The second kappa shape index (κ2) is 6.87. The highest BCUT2D eigenvalue weighted by atomic mass is 16.6. The smallest absolute Gasteiger partial charge is 0.410 e. The van der Waals surface area contributed by atoms with E-state index in [1.54, 1.807) is 4.90 Å². The van der Waals surface area contributed by atoms with Crippen molar-refractivity contribution < 1.29 is 19.0 Å². The van der Waals surface area contributed by atoms with Crippen LogP contribution >= 0.6 is 0 Å². The third-order valence-corrected chi connectivity index (χ3v) is 5.00. The van der Waals surface area contributed by atoms with E-state index in [1.807, 2.05) is 39.0 Å². The van der Waals surface area contributed by atoms with E-state index in [4.69, 9.17) is 14.2 Å². The molecule has 2 aliphatic heterocycles. The lowest BCUT2D eigenvalue weighted by Gasteiger charge is -2.30. The average Bonchev–Trinajstić information content (AvgIpc) is 3.16. The van der Waals surface area contributed by atoms with Crippen LogP contribution in [0.2, 0.25) is 0 Å². The summed E-state index contributed by atoms with van der Waals surface area (Å²) in [5, 5.41) is 0. The molecule has 3 rings (SSSR count). The molecule has 1 amide bonds. The molecular weight excluding hydrogens is 318 g/mol. The number of amides is 1. The minimum atomic E-state index is -0.472. The van der Waals surface area contributed by atoms with Gasteiger partial charge in [0.2, 0.25) is 0 Å².